The minimum Gasteiger partial charge on any atom is -0.465 e. The van der Waals surface area contributed by atoms with E-state index in [1.165, 1.54) is 12.3 Å². The summed E-state index contributed by atoms with van der Waals surface area (Å²) in [5.74, 6) is -0.107. The van der Waals surface area contributed by atoms with E-state index in [0.29, 0.717) is 10.8 Å². The minimum absolute atomic E-state index is 0.327. The zero-order valence-corrected chi connectivity index (χ0v) is 7.09. The molecule has 0 spiro atoms. The lowest BCUT2D eigenvalue weighted by Gasteiger charge is -2.00. The lowest BCUT2D eigenvalue weighted by molar-refractivity contribution is -0.120. The summed E-state index contributed by atoms with van der Waals surface area (Å²) in [7, 11) is 0. The molecule has 1 fully saturated rings. The normalized spacial score (nSPS) is 21.5. The molecule has 13 heavy (non-hydrogen) atoms. The second-order valence-electron chi connectivity index (χ2n) is 2.56. The molecule has 1 atom stereocenters. The van der Waals surface area contributed by atoms with Gasteiger partial charge in [0.05, 0.1) is 5.02 Å². The average molecular weight is 201 g/mol. The predicted octanol–water partition coefficient (Wildman–Crippen LogP) is 0.813. The van der Waals surface area contributed by atoms with Crippen LogP contribution in [0.3, 0.4) is 0 Å². The first-order valence-electron chi connectivity index (χ1n) is 3.52. The number of halogens is 1. The second kappa shape index (κ2) is 2.77. The van der Waals surface area contributed by atoms with Crippen LogP contribution in [-0.2, 0) is 4.79 Å². The first kappa shape index (κ1) is 8.12. The van der Waals surface area contributed by atoms with Crippen molar-refractivity contribution in [3.05, 3.63) is 23.1 Å². The van der Waals surface area contributed by atoms with Crippen molar-refractivity contribution in [1.82, 2.24) is 10.6 Å². The standard InChI is InChI=1S/C7H5ClN2O3/c8-3-1-4(13-2-3)5-6(11)10-7(12)9-5/h1-2,5H,(H2,9,10,11,12). The molecule has 1 unspecified atom stereocenters. The van der Waals surface area contributed by atoms with Crippen LogP contribution in [0.15, 0.2) is 16.7 Å². The molecule has 0 aromatic carbocycles. The van der Waals surface area contributed by atoms with E-state index in [0.717, 1.165) is 0 Å². The summed E-state index contributed by atoms with van der Waals surface area (Å²) >= 11 is 5.58. The molecule has 2 N–H and O–H groups in total. The summed E-state index contributed by atoms with van der Waals surface area (Å²) in [5.41, 5.74) is 0. The van der Waals surface area contributed by atoms with Crippen molar-refractivity contribution >= 4 is 23.5 Å². The molecule has 1 aromatic heterocycles. The molecule has 1 aromatic rings. The Balaban J connectivity index is 2.27. The van der Waals surface area contributed by atoms with E-state index in [9.17, 15) is 9.59 Å². The van der Waals surface area contributed by atoms with E-state index in [1.54, 1.807) is 0 Å². The van der Waals surface area contributed by atoms with Gasteiger partial charge in [0, 0.05) is 6.07 Å². The zero-order valence-electron chi connectivity index (χ0n) is 6.33. The lowest BCUT2D eigenvalue weighted by Crippen LogP contribution is -2.22. The molecule has 1 aliphatic rings. The number of rotatable bonds is 1. The van der Waals surface area contributed by atoms with Crippen molar-refractivity contribution in [2.24, 2.45) is 0 Å². The van der Waals surface area contributed by atoms with Crippen molar-refractivity contribution < 1.29 is 14.0 Å². The molecule has 6 heteroatoms. The highest BCUT2D eigenvalue weighted by Gasteiger charge is 2.33. The van der Waals surface area contributed by atoms with Crippen LogP contribution in [0.4, 0.5) is 4.79 Å². The summed E-state index contributed by atoms with van der Waals surface area (Å²) in [6.45, 7) is 0. The van der Waals surface area contributed by atoms with Gasteiger partial charge >= 0.3 is 6.03 Å². The van der Waals surface area contributed by atoms with Gasteiger partial charge in [0.15, 0.2) is 6.04 Å². The number of nitrogens with one attached hydrogen (secondary N) is 2. The van der Waals surface area contributed by atoms with Crippen molar-refractivity contribution in [1.29, 1.82) is 0 Å². The van der Waals surface area contributed by atoms with E-state index in [1.807, 2.05) is 0 Å². The fourth-order valence-corrected chi connectivity index (χ4v) is 1.25. The third kappa shape index (κ3) is 1.38. The molecule has 0 radical (unpaired) electrons. The van der Waals surface area contributed by atoms with E-state index in [4.69, 9.17) is 16.0 Å². The lowest BCUT2D eigenvalue weighted by atomic mass is 10.2. The number of carbonyl (C=O) groups is 2. The van der Waals surface area contributed by atoms with Crippen LogP contribution in [0.2, 0.25) is 5.02 Å². The molecule has 5 nitrogen and oxygen atoms in total. The van der Waals surface area contributed by atoms with Crippen LogP contribution in [0.25, 0.3) is 0 Å². The molecule has 0 saturated carbocycles. The fourth-order valence-electron chi connectivity index (χ4n) is 1.10. The van der Waals surface area contributed by atoms with E-state index in [-0.39, 0.29) is 0 Å². The quantitative estimate of drug-likeness (QED) is 0.659. The largest absolute Gasteiger partial charge is 0.465 e. The predicted molar refractivity (Wildman–Crippen MR) is 43.1 cm³/mol. The molecule has 0 aliphatic carbocycles. The first-order chi connectivity index (χ1) is 6.16. The number of hydrogen-bond acceptors (Lipinski definition) is 3. The Morgan fingerprint density at radius 3 is 2.69 bits per heavy atom. The summed E-state index contributed by atoms with van der Waals surface area (Å²) in [6, 6.07) is 0.194. The Morgan fingerprint density at radius 2 is 2.23 bits per heavy atom. The van der Waals surface area contributed by atoms with Crippen LogP contribution in [0.1, 0.15) is 11.8 Å². The summed E-state index contributed by atoms with van der Waals surface area (Å²) < 4.78 is 4.96. The molecule has 1 aliphatic heterocycles. The van der Waals surface area contributed by atoms with Gasteiger partial charge in [0.25, 0.3) is 5.91 Å². The average Bonchev–Trinajstić information content (AvgIpc) is 2.58. The van der Waals surface area contributed by atoms with Crippen molar-refractivity contribution in [2.45, 2.75) is 6.04 Å². The molecule has 3 amide bonds. The summed E-state index contributed by atoms with van der Waals surface area (Å²) in [5, 5.41) is 4.86. The Hall–Kier alpha value is -1.49. The third-order valence-corrected chi connectivity index (χ3v) is 1.84. The van der Waals surface area contributed by atoms with Crippen molar-refractivity contribution in [3.8, 4) is 0 Å². The third-order valence-electron chi connectivity index (χ3n) is 1.65. The monoisotopic (exact) mass is 200 g/mol. The second-order valence-corrected chi connectivity index (χ2v) is 3.00. The van der Waals surface area contributed by atoms with Crippen LogP contribution >= 0.6 is 11.6 Å². The molecule has 0 bridgehead atoms. The number of hydrogen-bond donors (Lipinski definition) is 2. The van der Waals surface area contributed by atoms with Gasteiger partial charge in [-0.1, -0.05) is 11.6 Å². The van der Waals surface area contributed by atoms with Gasteiger partial charge in [0.1, 0.15) is 12.0 Å². The SMILES string of the molecule is O=C1NC(=O)C(c2cc(Cl)co2)N1. The van der Waals surface area contributed by atoms with Gasteiger partial charge in [-0.15, -0.1) is 0 Å². The molecular weight excluding hydrogens is 196 g/mol. The van der Waals surface area contributed by atoms with Crippen molar-refractivity contribution in [2.75, 3.05) is 0 Å². The van der Waals surface area contributed by atoms with Gasteiger partial charge < -0.3 is 9.73 Å². The van der Waals surface area contributed by atoms with Crippen LogP contribution in [-0.4, -0.2) is 11.9 Å². The van der Waals surface area contributed by atoms with Gasteiger partial charge in [-0.25, -0.2) is 4.79 Å². The molecule has 2 rings (SSSR count). The van der Waals surface area contributed by atoms with Gasteiger partial charge in [0.2, 0.25) is 0 Å². The number of furan rings is 1. The summed E-state index contributed by atoms with van der Waals surface area (Å²) in [6.07, 6.45) is 1.30. The highest BCUT2D eigenvalue weighted by Crippen LogP contribution is 2.21. The summed E-state index contributed by atoms with van der Waals surface area (Å²) in [4.78, 5) is 21.8. The van der Waals surface area contributed by atoms with Gasteiger partial charge in [-0.3, -0.25) is 10.1 Å². The molecule has 2 heterocycles. The maximum atomic E-state index is 11.1. The van der Waals surface area contributed by atoms with Gasteiger partial charge in [-0.05, 0) is 0 Å². The zero-order chi connectivity index (χ0) is 9.42. The van der Waals surface area contributed by atoms with Crippen LogP contribution < -0.4 is 10.6 Å². The number of imide groups is 1. The molecular formula is C7H5ClN2O3. The highest BCUT2D eigenvalue weighted by molar-refractivity contribution is 6.30. The van der Waals surface area contributed by atoms with Crippen molar-refractivity contribution in [3.63, 3.8) is 0 Å². The van der Waals surface area contributed by atoms with Gasteiger partial charge in [-0.2, -0.15) is 0 Å². The number of urea groups is 1. The maximum absolute atomic E-state index is 11.1. The number of amides is 3. The van der Waals surface area contributed by atoms with Crippen LogP contribution in [0, 0.1) is 0 Å². The topological polar surface area (TPSA) is 71.3 Å². The Morgan fingerprint density at radius 1 is 1.46 bits per heavy atom. The molecule has 1 saturated heterocycles. The minimum atomic E-state index is -0.764. The smallest absolute Gasteiger partial charge is 0.322 e. The van der Waals surface area contributed by atoms with E-state index < -0.39 is 18.0 Å². The van der Waals surface area contributed by atoms with Crippen LogP contribution in [0.5, 0.6) is 0 Å². The fraction of sp³-hybridized carbons (Fsp3) is 0.143. The highest BCUT2D eigenvalue weighted by atomic mass is 35.5. The Bertz CT molecular complexity index is 374. The molecule has 68 valence electrons. The number of carbonyl (C=O) groups excluding carboxylic acids is 2. The maximum Gasteiger partial charge on any atom is 0.322 e. The first-order valence-corrected chi connectivity index (χ1v) is 3.90. The van der Waals surface area contributed by atoms with E-state index in [2.05, 4.69) is 10.6 Å². The Kier molecular flexibility index (Phi) is 1.73. The Labute approximate surface area is 78.0 Å². The van der Waals surface area contributed by atoms with E-state index >= 15 is 0 Å².